The van der Waals surface area contributed by atoms with Crippen molar-refractivity contribution in [3.63, 3.8) is 0 Å². The minimum Gasteiger partial charge on any atom is -0.354 e. The largest absolute Gasteiger partial charge is 0.534 e. The highest BCUT2D eigenvalue weighted by atomic mass is 32.2. The Hall–Kier alpha value is -2.94. The number of hydrogen-bond donors (Lipinski definition) is 0. The van der Waals surface area contributed by atoms with Crippen molar-refractivity contribution in [1.82, 2.24) is 9.97 Å². The first-order valence-electron chi connectivity index (χ1n) is 7.35. The number of hydrogen-bond acceptors (Lipinski definition) is 5. The van der Waals surface area contributed by atoms with Gasteiger partial charge in [0.05, 0.1) is 11.7 Å². The average molecular weight is 378 g/mol. The van der Waals surface area contributed by atoms with E-state index in [0.29, 0.717) is 10.9 Å². The third-order valence-electron chi connectivity index (χ3n) is 3.88. The number of benzene rings is 3. The Morgan fingerprint density at radius 1 is 0.808 bits per heavy atom. The van der Waals surface area contributed by atoms with E-state index in [1.807, 2.05) is 30.3 Å². The summed E-state index contributed by atoms with van der Waals surface area (Å²) >= 11 is 0. The predicted molar refractivity (Wildman–Crippen MR) is 90.2 cm³/mol. The lowest BCUT2D eigenvalue weighted by Crippen LogP contribution is -2.28. The summed E-state index contributed by atoms with van der Waals surface area (Å²) in [4.78, 5) is 8.09. The first-order chi connectivity index (χ1) is 12.3. The monoisotopic (exact) mass is 378 g/mol. The van der Waals surface area contributed by atoms with Crippen LogP contribution in [-0.2, 0) is 10.1 Å². The van der Waals surface area contributed by atoms with Gasteiger partial charge in [-0.1, -0.05) is 48.5 Å². The van der Waals surface area contributed by atoms with E-state index >= 15 is 0 Å². The molecular weight excluding hydrogens is 369 g/mol. The molecule has 0 spiro atoms. The van der Waals surface area contributed by atoms with Gasteiger partial charge in [0.15, 0.2) is 0 Å². The molecule has 0 amide bonds. The van der Waals surface area contributed by atoms with Crippen molar-refractivity contribution in [2.45, 2.75) is 5.51 Å². The number of nitrogens with zero attached hydrogens (tertiary/aromatic N) is 2. The molecule has 1 heterocycles. The summed E-state index contributed by atoms with van der Waals surface area (Å²) in [6.45, 7) is 0. The zero-order valence-electron chi connectivity index (χ0n) is 12.9. The Labute approximate surface area is 145 Å². The minimum absolute atomic E-state index is 0.258. The smallest absolute Gasteiger partial charge is 0.354 e. The quantitative estimate of drug-likeness (QED) is 0.298. The van der Waals surface area contributed by atoms with Crippen molar-refractivity contribution in [2.75, 3.05) is 0 Å². The second kappa shape index (κ2) is 5.53. The molecule has 0 atom stereocenters. The van der Waals surface area contributed by atoms with E-state index in [2.05, 4.69) is 14.2 Å². The van der Waals surface area contributed by atoms with Gasteiger partial charge in [-0.25, -0.2) is 9.97 Å². The fourth-order valence-corrected chi connectivity index (χ4v) is 3.21. The van der Waals surface area contributed by atoms with Gasteiger partial charge in [-0.05, 0) is 10.8 Å². The molecule has 0 fully saturated rings. The molecule has 0 saturated heterocycles. The van der Waals surface area contributed by atoms with Gasteiger partial charge < -0.3 is 4.18 Å². The highest BCUT2D eigenvalue weighted by molar-refractivity contribution is 7.87. The van der Waals surface area contributed by atoms with Crippen LogP contribution in [0.25, 0.3) is 32.6 Å². The van der Waals surface area contributed by atoms with Gasteiger partial charge in [-0.2, -0.15) is 21.6 Å². The molecule has 0 bridgehead atoms. The van der Waals surface area contributed by atoms with Crippen LogP contribution in [-0.4, -0.2) is 23.9 Å². The zero-order valence-corrected chi connectivity index (χ0v) is 13.7. The van der Waals surface area contributed by atoms with Gasteiger partial charge >= 0.3 is 15.6 Å². The number of alkyl halides is 3. The minimum atomic E-state index is -5.82. The van der Waals surface area contributed by atoms with Crippen LogP contribution in [0.4, 0.5) is 13.2 Å². The number of aromatic nitrogens is 2. The maximum absolute atomic E-state index is 12.5. The molecule has 1 aromatic heterocycles. The topological polar surface area (TPSA) is 69.2 Å². The van der Waals surface area contributed by atoms with Crippen LogP contribution in [0, 0.1) is 0 Å². The van der Waals surface area contributed by atoms with Crippen molar-refractivity contribution >= 4 is 42.7 Å². The zero-order chi connectivity index (χ0) is 18.5. The third kappa shape index (κ3) is 2.51. The molecule has 0 radical (unpaired) electrons. The van der Waals surface area contributed by atoms with Crippen molar-refractivity contribution < 1.29 is 25.8 Å². The predicted octanol–water partition coefficient (Wildman–Crippen LogP) is 4.16. The van der Waals surface area contributed by atoms with Crippen molar-refractivity contribution in [1.29, 1.82) is 0 Å². The van der Waals surface area contributed by atoms with Gasteiger partial charge in [0.1, 0.15) is 5.52 Å². The van der Waals surface area contributed by atoms with E-state index < -0.39 is 21.5 Å². The molecule has 132 valence electrons. The fourth-order valence-electron chi connectivity index (χ4n) is 2.81. The van der Waals surface area contributed by atoms with E-state index in [4.69, 9.17) is 0 Å². The molecule has 0 aliphatic heterocycles. The average Bonchev–Trinajstić information content (AvgIpc) is 2.60. The normalized spacial score (nSPS) is 12.7. The van der Waals surface area contributed by atoms with Crippen molar-refractivity contribution in [2.24, 2.45) is 0 Å². The summed E-state index contributed by atoms with van der Waals surface area (Å²) in [6.07, 6.45) is 0.868. The molecule has 3 aromatic carbocycles. The Morgan fingerprint density at radius 2 is 1.31 bits per heavy atom. The van der Waals surface area contributed by atoms with E-state index in [1.165, 1.54) is 0 Å². The van der Waals surface area contributed by atoms with Crippen molar-refractivity contribution in [3.8, 4) is 5.88 Å². The van der Waals surface area contributed by atoms with Gasteiger partial charge in [0.25, 0.3) is 5.88 Å². The number of fused-ring (bicyclic) bond motifs is 6. The lowest BCUT2D eigenvalue weighted by Gasteiger charge is -2.11. The first kappa shape index (κ1) is 16.5. The van der Waals surface area contributed by atoms with E-state index in [1.54, 1.807) is 18.2 Å². The highest BCUT2D eigenvalue weighted by Gasteiger charge is 2.49. The summed E-state index contributed by atoms with van der Waals surface area (Å²) < 4.78 is 64.1. The Kier molecular flexibility index (Phi) is 3.52. The van der Waals surface area contributed by atoms with Crippen LogP contribution in [0.3, 0.4) is 0 Å². The second-order valence-corrected chi connectivity index (χ2v) is 7.02. The molecule has 4 aromatic rings. The summed E-state index contributed by atoms with van der Waals surface area (Å²) in [5.41, 5.74) is -4.85. The molecule has 0 unspecified atom stereocenters. The van der Waals surface area contributed by atoms with E-state index in [9.17, 15) is 21.6 Å². The summed E-state index contributed by atoms with van der Waals surface area (Å²) in [6, 6.07) is 14.5. The van der Waals surface area contributed by atoms with Gasteiger partial charge in [-0.3, -0.25) is 0 Å². The molecule has 26 heavy (non-hydrogen) atoms. The van der Waals surface area contributed by atoms with E-state index in [0.717, 1.165) is 22.4 Å². The molecule has 0 N–H and O–H groups in total. The Balaban J connectivity index is 2.03. The molecule has 5 nitrogen and oxygen atoms in total. The van der Waals surface area contributed by atoms with Gasteiger partial charge in [0, 0.05) is 10.8 Å². The summed E-state index contributed by atoms with van der Waals surface area (Å²) in [5, 5.41) is 3.10. The number of halogens is 3. The lowest BCUT2D eigenvalue weighted by molar-refractivity contribution is -0.0501. The SMILES string of the molecule is O=S(=O)(Oc1cnc2c3ccccc3c3ccccc3c2n1)C(F)(F)F. The molecule has 0 aliphatic carbocycles. The van der Waals surface area contributed by atoms with Crippen LogP contribution in [0.5, 0.6) is 5.88 Å². The fraction of sp³-hybridized carbons (Fsp3) is 0.0588. The van der Waals surface area contributed by atoms with Crippen LogP contribution < -0.4 is 4.18 Å². The number of rotatable bonds is 2. The van der Waals surface area contributed by atoms with Crippen molar-refractivity contribution in [3.05, 3.63) is 54.7 Å². The molecule has 4 rings (SSSR count). The molecule has 0 aliphatic rings. The summed E-state index contributed by atoms with van der Waals surface area (Å²) in [7, 11) is -5.82. The van der Waals surface area contributed by atoms with Crippen LogP contribution in [0.15, 0.2) is 54.7 Å². The van der Waals surface area contributed by atoms with Gasteiger partial charge in [-0.15, -0.1) is 0 Å². The maximum Gasteiger partial charge on any atom is 0.534 e. The molecule has 0 saturated carbocycles. The highest BCUT2D eigenvalue weighted by Crippen LogP contribution is 2.34. The van der Waals surface area contributed by atoms with Crippen LogP contribution in [0.1, 0.15) is 0 Å². The Bertz CT molecular complexity index is 1240. The second-order valence-electron chi connectivity index (χ2n) is 5.48. The first-order valence-corrected chi connectivity index (χ1v) is 8.76. The third-order valence-corrected chi connectivity index (χ3v) is 4.84. The van der Waals surface area contributed by atoms with Gasteiger partial charge in [0.2, 0.25) is 0 Å². The molecule has 9 heteroatoms. The Morgan fingerprint density at radius 3 is 1.85 bits per heavy atom. The van der Waals surface area contributed by atoms with E-state index in [-0.39, 0.29) is 5.52 Å². The standard InChI is InChI=1S/C17H9F3N2O3S/c18-17(19,20)26(23,24)25-14-9-21-15-12-7-3-1-5-10(12)11-6-2-4-8-13(11)16(15)22-14/h1-9H. The maximum atomic E-state index is 12.5. The van der Waals surface area contributed by atoms with Crippen LogP contribution in [0.2, 0.25) is 0 Å². The molecular formula is C17H9F3N2O3S. The summed E-state index contributed by atoms with van der Waals surface area (Å²) in [5.74, 6) is -0.741. The van der Waals surface area contributed by atoms with Crippen LogP contribution >= 0.6 is 0 Å². The lowest BCUT2D eigenvalue weighted by atomic mass is 10.00.